The summed E-state index contributed by atoms with van der Waals surface area (Å²) in [5.74, 6) is 0.416. The molecule has 1 aromatic carbocycles. The number of rotatable bonds is 5. The highest BCUT2D eigenvalue weighted by molar-refractivity contribution is 7.90. The fourth-order valence-electron chi connectivity index (χ4n) is 3.49. The Hall–Kier alpha value is -1.66. The summed E-state index contributed by atoms with van der Waals surface area (Å²) in [5, 5.41) is 0.973. The van der Waals surface area contributed by atoms with Crippen LogP contribution in [0.15, 0.2) is 33.5 Å². The number of fused-ring (bicyclic) bond motifs is 1. The molecular formula is C18H23NO4S. The molecule has 0 spiro atoms. The van der Waals surface area contributed by atoms with Crippen molar-refractivity contribution in [3.05, 3.63) is 45.8 Å². The van der Waals surface area contributed by atoms with Crippen LogP contribution in [0.25, 0.3) is 11.0 Å². The van der Waals surface area contributed by atoms with E-state index < -0.39 is 9.84 Å². The van der Waals surface area contributed by atoms with E-state index in [1.807, 2.05) is 12.1 Å². The van der Waals surface area contributed by atoms with E-state index in [4.69, 9.17) is 4.42 Å². The second-order valence-corrected chi connectivity index (χ2v) is 8.94. The molecule has 1 fully saturated rings. The minimum absolute atomic E-state index is 0.178. The third kappa shape index (κ3) is 4.05. The SMILES string of the molecule is CCc1ccc2oc(=O)cc(CN3CCC(CS(C)(=O)=O)C3)c2c1. The van der Waals surface area contributed by atoms with Crippen molar-refractivity contribution in [2.24, 2.45) is 5.92 Å². The number of likely N-dealkylation sites (tertiary alicyclic amines) is 1. The number of aryl methyl sites for hydroxylation is 1. The van der Waals surface area contributed by atoms with E-state index in [-0.39, 0.29) is 17.3 Å². The summed E-state index contributed by atoms with van der Waals surface area (Å²) in [6, 6.07) is 7.48. The van der Waals surface area contributed by atoms with Gasteiger partial charge in [0.15, 0.2) is 0 Å². The zero-order valence-corrected chi connectivity index (χ0v) is 14.9. The molecule has 130 valence electrons. The molecule has 2 heterocycles. The molecular weight excluding hydrogens is 326 g/mol. The van der Waals surface area contributed by atoms with Crippen LogP contribution in [0.2, 0.25) is 0 Å². The summed E-state index contributed by atoms with van der Waals surface area (Å²) >= 11 is 0. The van der Waals surface area contributed by atoms with Gasteiger partial charge in [-0.3, -0.25) is 4.90 Å². The van der Waals surface area contributed by atoms with Crippen molar-refractivity contribution in [3.63, 3.8) is 0 Å². The van der Waals surface area contributed by atoms with Gasteiger partial charge in [0.05, 0.1) is 5.75 Å². The van der Waals surface area contributed by atoms with Crippen LogP contribution in [0.3, 0.4) is 0 Å². The van der Waals surface area contributed by atoms with Crippen molar-refractivity contribution in [2.45, 2.75) is 26.3 Å². The normalized spacial score (nSPS) is 19.2. The zero-order chi connectivity index (χ0) is 17.3. The molecule has 1 aromatic heterocycles. The second-order valence-electron chi connectivity index (χ2n) is 6.76. The van der Waals surface area contributed by atoms with Crippen molar-refractivity contribution in [1.82, 2.24) is 4.90 Å². The number of hydrogen-bond donors (Lipinski definition) is 0. The molecule has 0 aliphatic carbocycles. The Balaban J connectivity index is 1.84. The van der Waals surface area contributed by atoms with Gasteiger partial charge < -0.3 is 4.42 Å². The zero-order valence-electron chi connectivity index (χ0n) is 14.1. The van der Waals surface area contributed by atoms with Gasteiger partial charge in [-0.05, 0) is 48.6 Å². The van der Waals surface area contributed by atoms with Crippen molar-refractivity contribution >= 4 is 20.8 Å². The molecule has 0 radical (unpaired) electrons. The summed E-state index contributed by atoms with van der Waals surface area (Å²) in [6.07, 6.45) is 3.10. The summed E-state index contributed by atoms with van der Waals surface area (Å²) < 4.78 is 28.2. The molecule has 0 saturated carbocycles. The fraction of sp³-hybridized carbons (Fsp3) is 0.500. The molecule has 0 N–H and O–H groups in total. The second kappa shape index (κ2) is 6.69. The smallest absolute Gasteiger partial charge is 0.336 e. The van der Waals surface area contributed by atoms with Crippen LogP contribution in [0, 0.1) is 5.92 Å². The highest BCUT2D eigenvalue weighted by atomic mass is 32.2. The Morgan fingerprint density at radius 1 is 1.29 bits per heavy atom. The maximum absolute atomic E-state index is 11.8. The maximum Gasteiger partial charge on any atom is 0.336 e. The lowest BCUT2D eigenvalue weighted by molar-refractivity contribution is 0.321. The van der Waals surface area contributed by atoms with E-state index in [0.717, 1.165) is 36.9 Å². The third-order valence-corrected chi connectivity index (χ3v) is 5.68. The van der Waals surface area contributed by atoms with Gasteiger partial charge in [-0.25, -0.2) is 13.2 Å². The van der Waals surface area contributed by atoms with Gasteiger partial charge in [0.2, 0.25) is 0 Å². The third-order valence-electron chi connectivity index (χ3n) is 4.60. The molecule has 1 atom stereocenters. The monoisotopic (exact) mass is 349 g/mol. The van der Waals surface area contributed by atoms with Gasteiger partial charge in [0.1, 0.15) is 15.4 Å². The first-order valence-corrected chi connectivity index (χ1v) is 10.4. The van der Waals surface area contributed by atoms with E-state index in [1.54, 1.807) is 6.07 Å². The fourth-order valence-corrected chi connectivity index (χ4v) is 4.62. The summed E-state index contributed by atoms with van der Waals surface area (Å²) in [4.78, 5) is 14.0. The number of hydrogen-bond acceptors (Lipinski definition) is 5. The van der Waals surface area contributed by atoms with E-state index >= 15 is 0 Å². The average Bonchev–Trinajstić information content (AvgIpc) is 2.91. The Morgan fingerprint density at radius 2 is 2.08 bits per heavy atom. The van der Waals surface area contributed by atoms with Crippen molar-refractivity contribution in [3.8, 4) is 0 Å². The van der Waals surface area contributed by atoms with Crippen LogP contribution in [-0.2, 0) is 22.8 Å². The van der Waals surface area contributed by atoms with Gasteiger partial charge in [-0.2, -0.15) is 0 Å². The number of sulfone groups is 1. The molecule has 1 aliphatic rings. The predicted octanol–water partition coefficient (Wildman–Crippen LogP) is 2.22. The lowest BCUT2D eigenvalue weighted by Gasteiger charge is -2.17. The minimum Gasteiger partial charge on any atom is -0.423 e. The summed E-state index contributed by atoms with van der Waals surface area (Å²) in [6.45, 7) is 4.35. The van der Waals surface area contributed by atoms with Crippen LogP contribution >= 0.6 is 0 Å². The molecule has 24 heavy (non-hydrogen) atoms. The molecule has 1 saturated heterocycles. The Labute approximate surface area is 142 Å². The predicted molar refractivity (Wildman–Crippen MR) is 95.0 cm³/mol. The van der Waals surface area contributed by atoms with Crippen LogP contribution in [0.1, 0.15) is 24.5 Å². The van der Waals surface area contributed by atoms with Crippen LogP contribution < -0.4 is 5.63 Å². The first kappa shape index (κ1) is 17.2. The highest BCUT2D eigenvalue weighted by Gasteiger charge is 2.26. The van der Waals surface area contributed by atoms with Gasteiger partial charge in [-0.1, -0.05) is 13.0 Å². The lowest BCUT2D eigenvalue weighted by Crippen LogP contribution is -2.23. The van der Waals surface area contributed by atoms with Gasteiger partial charge in [0.25, 0.3) is 0 Å². The van der Waals surface area contributed by atoms with E-state index in [9.17, 15) is 13.2 Å². The molecule has 1 unspecified atom stereocenters. The quantitative estimate of drug-likeness (QED) is 0.774. The average molecular weight is 349 g/mol. The maximum atomic E-state index is 11.8. The van der Waals surface area contributed by atoms with Crippen LogP contribution in [-0.4, -0.2) is 38.4 Å². The first-order chi connectivity index (χ1) is 11.3. The van der Waals surface area contributed by atoms with Gasteiger partial charge >= 0.3 is 5.63 Å². The molecule has 0 bridgehead atoms. The van der Waals surface area contributed by atoms with Crippen LogP contribution in [0.4, 0.5) is 0 Å². The lowest BCUT2D eigenvalue weighted by atomic mass is 10.1. The number of benzene rings is 1. The van der Waals surface area contributed by atoms with Crippen molar-refractivity contribution < 1.29 is 12.8 Å². The van der Waals surface area contributed by atoms with Gasteiger partial charge in [-0.15, -0.1) is 0 Å². The topological polar surface area (TPSA) is 67.6 Å². The van der Waals surface area contributed by atoms with Crippen molar-refractivity contribution in [1.29, 1.82) is 0 Å². The van der Waals surface area contributed by atoms with E-state index in [2.05, 4.69) is 17.9 Å². The van der Waals surface area contributed by atoms with Crippen LogP contribution in [0.5, 0.6) is 0 Å². The summed E-state index contributed by atoms with van der Waals surface area (Å²) in [5.41, 5.74) is 2.43. The summed E-state index contributed by atoms with van der Waals surface area (Å²) in [7, 11) is -2.95. The largest absolute Gasteiger partial charge is 0.423 e. The molecule has 2 aromatic rings. The molecule has 3 rings (SSSR count). The van der Waals surface area contributed by atoms with E-state index in [1.165, 1.54) is 11.8 Å². The molecule has 1 aliphatic heterocycles. The molecule has 0 amide bonds. The number of nitrogens with zero attached hydrogens (tertiary/aromatic N) is 1. The Morgan fingerprint density at radius 3 is 2.79 bits per heavy atom. The standard InChI is InChI=1S/C18H23NO4S/c1-3-13-4-5-17-16(8-13)15(9-18(20)23-17)11-19-7-6-14(10-19)12-24(2,21)22/h4-5,8-9,14H,3,6-7,10-12H2,1-2H3. The Kier molecular flexibility index (Phi) is 4.78. The van der Waals surface area contributed by atoms with E-state index in [0.29, 0.717) is 12.1 Å². The first-order valence-electron chi connectivity index (χ1n) is 8.30. The Bertz CT molecular complexity index is 901. The highest BCUT2D eigenvalue weighted by Crippen LogP contribution is 2.24. The van der Waals surface area contributed by atoms with Crippen molar-refractivity contribution in [2.75, 3.05) is 25.1 Å². The minimum atomic E-state index is -2.95. The molecule has 6 heteroatoms. The molecule has 5 nitrogen and oxygen atoms in total. The van der Waals surface area contributed by atoms with Gasteiger partial charge in [0, 0.05) is 30.8 Å².